The average molecular weight is 411 g/mol. The molecule has 30 heavy (non-hydrogen) atoms. The van der Waals surface area contributed by atoms with Gasteiger partial charge in [0.25, 0.3) is 5.91 Å². The van der Waals surface area contributed by atoms with E-state index in [4.69, 9.17) is 4.74 Å². The summed E-state index contributed by atoms with van der Waals surface area (Å²) in [6.45, 7) is 10.7. The average Bonchev–Trinajstić information content (AvgIpc) is 2.69. The van der Waals surface area contributed by atoms with Crippen molar-refractivity contribution in [3.05, 3.63) is 64.7 Å². The van der Waals surface area contributed by atoms with Gasteiger partial charge in [0.05, 0.1) is 0 Å². The van der Waals surface area contributed by atoms with Crippen LogP contribution in [0.5, 0.6) is 5.75 Å². The number of nitrogens with zero attached hydrogens (tertiary/aromatic N) is 1. The molecule has 0 aromatic heterocycles. The van der Waals surface area contributed by atoms with Crippen molar-refractivity contribution in [1.82, 2.24) is 10.2 Å². The summed E-state index contributed by atoms with van der Waals surface area (Å²) in [5.74, 6) is 0.307. The number of nitrogens with one attached hydrogen (secondary N) is 1. The van der Waals surface area contributed by atoms with Gasteiger partial charge in [-0.2, -0.15) is 0 Å². The lowest BCUT2D eigenvalue weighted by atomic mass is 10.1. The molecule has 2 rings (SSSR count). The minimum absolute atomic E-state index is 0.110. The van der Waals surface area contributed by atoms with Crippen LogP contribution < -0.4 is 10.1 Å². The summed E-state index contributed by atoms with van der Waals surface area (Å²) in [6.07, 6.45) is 1.92. The van der Waals surface area contributed by atoms with Gasteiger partial charge >= 0.3 is 0 Å². The summed E-state index contributed by atoms with van der Waals surface area (Å²) in [5.41, 5.74) is 4.27. The van der Waals surface area contributed by atoms with E-state index in [0.717, 1.165) is 35.1 Å². The minimum atomic E-state index is -0.585. The molecule has 0 saturated heterocycles. The smallest absolute Gasteiger partial charge is 0.261 e. The van der Waals surface area contributed by atoms with Crippen molar-refractivity contribution in [2.45, 2.75) is 60.0 Å². The van der Waals surface area contributed by atoms with Crippen LogP contribution in [-0.4, -0.2) is 35.9 Å². The third-order valence-corrected chi connectivity index (χ3v) is 4.99. The Morgan fingerprint density at radius 2 is 1.73 bits per heavy atom. The number of carbonyl (C=O) groups excluding carboxylic acids is 2. The second-order valence-corrected chi connectivity index (χ2v) is 7.94. The third-order valence-electron chi connectivity index (χ3n) is 4.99. The zero-order valence-corrected chi connectivity index (χ0v) is 18.8. The van der Waals surface area contributed by atoms with Gasteiger partial charge in [0, 0.05) is 13.1 Å². The fraction of sp³-hybridized carbons (Fsp3) is 0.440. The largest absolute Gasteiger partial charge is 0.484 e. The monoisotopic (exact) mass is 410 g/mol. The van der Waals surface area contributed by atoms with E-state index in [1.165, 1.54) is 0 Å². The maximum atomic E-state index is 13.1. The highest BCUT2D eigenvalue weighted by Crippen LogP contribution is 2.17. The molecule has 0 heterocycles. The molecular weight excluding hydrogens is 376 g/mol. The molecule has 0 radical (unpaired) electrons. The fourth-order valence-electron chi connectivity index (χ4n) is 3.37. The molecule has 0 fully saturated rings. The molecule has 1 atom stereocenters. The quantitative estimate of drug-likeness (QED) is 0.593. The van der Waals surface area contributed by atoms with Gasteiger partial charge in [0.15, 0.2) is 6.61 Å². The summed E-state index contributed by atoms with van der Waals surface area (Å²) in [4.78, 5) is 27.3. The Kier molecular flexibility index (Phi) is 8.90. The van der Waals surface area contributed by atoms with Gasteiger partial charge in [-0.1, -0.05) is 49.2 Å². The van der Waals surface area contributed by atoms with E-state index in [9.17, 15) is 9.59 Å². The summed E-state index contributed by atoms with van der Waals surface area (Å²) in [7, 11) is 0. The van der Waals surface area contributed by atoms with Crippen LogP contribution in [0.3, 0.4) is 0 Å². The van der Waals surface area contributed by atoms with Gasteiger partial charge < -0.3 is 15.0 Å². The second-order valence-electron chi connectivity index (χ2n) is 7.94. The fourth-order valence-corrected chi connectivity index (χ4v) is 3.37. The molecule has 0 aliphatic heterocycles. The Bertz CT molecular complexity index is 843. The molecule has 1 N–H and O–H groups in total. The molecule has 5 heteroatoms. The number of rotatable bonds is 10. The van der Waals surface area contributed by atoms with Crippen LogP contribution >= 0.6 is 0 Å². The van der Waals surface area contributed by atoms with E-state index < -0.39 is 6.04 Å². The Hall–Kier alpha value is -2.82. The highest BCUT2D eigenvalue weighted by Gasteiger charge is 2.26. The zero-order chi connectivity index (χ0) is 22.1. The van der Waals surface area contributed by atoms with Gasteiger partial charge in [-0.05, 0) is 62.9 Å². The minimum Gasteiger partial charge on any atom is -0.484 e. The van der Waals surface area contributed by atoms with Crippen molar-refractivity contribution in [1.29, 1.82) is 0 Å². The number of unbranched alkanes of at least 4 members (excludes halogenated alkanes) is 1. The Labute approximate surface area is 180 Å². The van der Waals surface area contributed by atoms with Gasteiger partial charge in [0.2, 0.25) is 5.91 Å². The molecule has 2 aromatic carbocycles. The van der Waals surface area contributed by atoms with Crippen LogP contribution in [0.4, 0.5) is 0 Å². The first-order chi connectivity index (χ1) is 14.3. The van der Waals surface area contributed by atoms with Gasteiger partial charge in [-0.25, -0.2) is 0 Å². The normalized spacial score (nSPS) is 11.6. The highest BCUT2D eigenvalue weighted by molar-refractivity contribution is 5.87. The van der Waals surface area contributed by atoms with Crippen LogP contribution in [0.25, 0.3) is 0 Å². The van der Waals surface area contributed by atoms with E-state index in [0.29, 0.717) is 18.8 Å². The summed E-state index contributed by atoms with van der Waals surface area (Å²) in [6, 6.07) is 13.3. The van der Waals surface area contributed by atoms with Crippen LogP contribution in [-0.2, 0) is 16.1 Å². The maximum absolute atomic E-state index is 13.1. The van der Waals surface area contributed by atoms with E-state index in [1.807, 2.05) is 57.2 Å². The van der Waals surface area contributed by atoms with E-state index in [1.54, 1.807) is 11.8 Å². The summed E-state index contributed by atoms with van der Waals surface area (Å²) >= 11 is 0. The molecule has 0 unspecified atom stereocenters. The van der Waals surface area contributed by atoms with Crippen LogP contribution in [0.2, 0.25) is 0 Å². The highest BCUT2D eigenvalue weighted by atomic mass is 16.5. The summed E-state index contributed by atoms with van der Waals surface area (Å²) in [5, 5.41) is 2.93. The zero-order valence-electron chi connectivity index (χ0n) is 18.8. The first-order valence-corrected chi connectivity index (χ1v) is 10.6. The number of hydrogen-bond donors (Lipinski definition) is 1. The number of aryl methyl sites for hydroxylation is 3. The van der Waals surface area contributed by atoms with Crippen LogP contribution in [0, 0.1) is 20.8 Å². The van der Waals surface area contributed by atoms with E-state index >= 15 is 0 Å². The number of ether oxygens (including phenoxy) is 1. The Morgan fingerprint density at radius 3 is 2.37 bits per heavy atom. The predicted octanol–water partition coefficient (Wildman–Crippen LogP) is 4.32. The molecule has 5 nitrogen and oxygen atoms in total. The Morgan fingerprint density at radius 1 is 1.03 bits per heavy atom. The van der Waals surface area contributed by atoms with Crippen molar-refractivity contribution < 1.29 is 14.3 Å². The van der Waals surface area contributed by atoms with Crippen LogP contribution in [0.15, 0.2) is 42.5 Å². The van der Waals surface area contributed by atoms with Crippen molar-refractivity contribution in [2.24, 2.45) is 0 Å². The first kappa shape index (κ1) is 23.5. The Balaban J connectivity index is 2.13. The first-order valence-electron chi connectivity index (χ1n) is 10.6. The number of benzene rings is 2. The molecule has 0 saturated carbocycles. The third kappa shape index (κ3) is 7.21. The van der Waals surface area contributed by atoms with Crippen molar-refractivity contribution in [3.8, 4) is 5.75 Å². The van der Waals surface area contributed by atoms with E-state index in [-0.39, 0.29) is 18.4 Å². The second kappa shape index (κ2) is 11.4. The van der Waals surface area contributed by atoms with Gasteiger partial charge in [-0.3, -0.25) is 9.59 Å². The number of amides is 2. The summed E-state index contributed by atoms with van der Waals surface area (Å²) < 4.78 is 5.78. The lowest BCUT2D eigenvalue weighted by molar-refractivity contribution is -0.142. The number of carbonyl (C=O) groups is 2. The lowest BCUT2D eigenvalue weighted by Gasteiger charge is -2.29. The van der Waals surface area contributed by atoms with Gasteiger partial charge in [-0.15, -0.1) is 0 Å². The predicted molar refractivity (Wildman–Crippen MR) is 121 cm³/mol. The molecule has 2 amide bonds. The van der Waals surface area contributed by atoms with Crippen molar-refractivity contribution >= 4 is 11.8 Å². The van der Waals surface area contributed by atoms with E-state index in [2.05, 4.69) is 18.3 Å². The van der Waals surface area contributed by atoms with Crippen LogP contribution in [0.1, 0.15) is 48.9 Å². The molecule has 162 valence electrons. The van der Waals surface area contributed by atoms with Gasteiger partial charge in [0.1, 0.15) is 11.8 Å². The molecule has 0 spiro atoms. The topological polar surface area (TPSA) is 58.6 Å². The molecule has 2 aromatic rings. The maximum Gasteiger partial charge on any atom is 0.261 e. The van der Waals surface area contributed by atoms with Crippen molar-refractivity contribution in [2.75, 3.05) is 13.2 Å². The number of hydrogen-bond acceptors (Lipinski definition) is 3. The molecule has 0 aliphatic rings. The standard InChI is InChI=1S/C25H34N2O3/c1-6-7-11-26-25(29)21(5)27(16-22-10-8-9-18(2)13-22)24(28)17-30-23-14-19(3)12-20(4)15-23/h8-10,12-15,21H,6-7,11,16-17H2,1-5H3,(H,26,29)/t21-/m0/s1. The molecule has 0 aliphatic carbocycles. The molecular formula is C25H34N2O3. The molecule has 0 bridgehead atoms. The lowest BCUT2D eigenvalue weighted by Crippen LogP contribution is -2.49. The van der Waals surface area contributed by atoms with Crippen molar-refractivity contribution in [3.63, 3.8) is 0 Å². The SMILES string of the molecule is CCCCNC(=O)[C@H](C)N(Cc1cccc(C)c1)C(=O)COc1cc(C)cc(C)c1.